The Labute approximate surface area is 123 Å². The number of hydrogen-bond acceptors (Lipinski definition) is 3. The fourth-order valence-corrected chi connectivity index (χ4v) is 3.24. The molecule has 2 atom stereocenters. The van der Waals surface area contributed by atoms with Crippen LogP contribution in [0.5, 0.6) is 0 Å². The standard InChI is InChI=1S/C16H19N3O2/c1-11(14-7-9-17-18(14)2)19-10-8-12-5-3-4-6-13(12)15(19)16(20)21/h3-7,9,11,15H,8,10H2,1-2H3,(H,20,21). The minimum absolute atomic E-state index is 0.00644. The number of carboxylic acid groups (broad SMARTS) is 1. The van der Waals surface area contributed by atoms with Crippen molar-refractivity contribution in [3.8, 4) is 0 Å². The van der Waals surface area contributed by atoms with E-state index in [9.17, 15) is 9.90 Å². The zero-order chi connectivity index (χ0) is 15.0. The normalized spacial score (nSPS) is 20.0. The lowest BCUT2D eigenvalue weighted by Crippen LogP contribution is -2.41. The summed E-state index contributed by atoms with van der Waals surface area (Å²) >= 11 is 0. The molecule has 1 aliphatic rings. The molecule has 0 bridgehead atoms. The number of aryl methyl sites for hydroxylation is 1. The van der Waals surface area contributed by atoms with E-state index in [0.29, 0.717) is 0 Å². The van der Waals surface area contributed by atoms with Crippen LogP contribution in [0.15, 0.2) is 36.5 Å². The second-order valence-electron chi connectivity index (χ2n) is 5.48. The van der Waals surface area contributed by atoms with Crippen LogP contribution in [0.25, 0.3) is 0 Å². The van der Waals surface area contributed by atoms with Crippen LogP contribution in [0, 0.1) is 0 Å². The van der Waals surface area contributed by atoms with Gasteiger partial charge in [-0.15, -0.1) is 0 Å². The van der Waals surface area contributed by atoms with Gasteiger partial charge in [0, 0.05) is 19.8 Å². The number of nitrogens with zero attached hydrogens (tertiary/aromatic N) is 3. The van der Waals surface area contributed by atoms with E-state index >= 15 is 0 Å². The largest absolute Gasteiger partial charge is 0.480 e. The molecule has 21 heavy (non-hydrogen) atoms. The third-order valence-electron chi connectivity index (χ3n) is 4.34. The Hall–Kier alpha value is -2.14. The van der Waals surface area contributed by atoms with Crippen LogP contribution in [-0.2, 0) is 18.3 Å². The van der Waals surface area contributed by atoms with E-state index in [2.05, 4.69) is 5.10 Å². The van der Waals surface area contributed by atoms with Crippen molar-refractivity contribution >= 4 is 5.97 Å². The number of carbonyl (C=O) groups is 1. The summed E-state index contributed by atoms with van der Waals surface area (Å²) in [7, 11) is 1.89. The first-order valence-electron chi connectivity index (χ1n) is 7.14. The molecule has 3 rings (SSSR count). The van der Waals surface area contributed by atoms with E-state index in [0.717, 1.165) is 29.8 Å². The molecule has 0 saturated heterocycles. The minimum atomic E-state index is -0.795. The van der Waals surface area contributed by atoms with E-state index < -0.39 is 12.0 Å². The first-order valence-corrected chi connectivity index (χ1v) is 7.14. The molecule has 1 aromatic carbocycles. The Bertz CT molecular complexity index is 665. The van der Waals surface area contributed by atoms with Gasteiger partial charge in [-0.3, -0.25) is 14.4 Å². The van der Waals surface area contributed by atoms with Crippen molar-refractivity contribution in [3.05, 3.63) is 53.3 Å². The summed E-state index contributed by atoms with van der Waals surface area (Å²) in [5.74, 6) is -0.795. The van der Waals surface area contributed by atoms with Crippen LogP contribution < -0.4 is 0 Å². The molecule has 5 heteroatoms. The second-order valence-corrected chi connectivity index (χ2v) is 5.48. The van der Waals surface area contributed by atoms with Crippen molar-refractivity contribution in [2.75, 3.05) is 6.54 Å². The summed E-state index contributed by atoms with van der Waals surface area (Å²) in [6.45, 7) is 2.78. The predicted molar refractivity (Wildman–Crippen MR) is 78.9 cm³/mol. The van der Waals surface area contributed by atoms with Gasteiger partial charge in [0.05, 0.1) is 11.7 Å². The molecule has 2 aromatic rings. The highest BCUT2D eigenvalue weighted by Crippen LogP contribution is 2.35. The lowest BCUT2D eigenvalue weighted by molar-refractivity contribution is -0.145. The van der Waals surface area contributed by atoms with Crippen LogP contribution in [-0.4, -0.2) is 32.3 Å². The van der Waals surface area contributed by atoms with E-state index in [1.54, 1.807) is 6.20 Å². The molecule has 0 radical (unpaired) electrons. The van der Waals surface area contributed by atoms with Crippen molar-refractivity contribution < 1.29 is 9.90 Å². The number of benzene rings is 1. The Morgan fingerprint density at radius 2 is 2.14 bits per heavy atom. The van der Waals surface area contributed by atoms with Crippen LogP contribution >= 0.6 is 0 Å². The quantitative estimate of drug-likeness (QED) is 0.939. The first kappa shape index (κ1) is 13.8. The van der Waals surface area contributed by atoms with Crippen LogP contribution in [0.3, 0.4) is 0 Å². The van der Waals surface area contributed by atoms with Gasteiger partial charge in [0.15, 0.2) is 0 Å². The Kier molecular flexibility index (Phi) is 3.51. The first-order chi connectivity index (χ1) is 10.1. The zero-order valence-electron chi connectivity index (χ0n) is 12.2. The van der Waals surface area contributed by atoms with E-state index in [-0.39, 0.29) is 6.04 Å². The van der Waals surface area contributed by atoms with Gasteiger partial charge in [-0.25, -0.2) is 0 Å². The fourth-order valence-electron chi connectivity index (χ4n) is 3.24. The van der Waals surface area contributed by atoms with Gasteiger partial charge in [-0.1, -0.05) is 24.3 Å². The summed E-state index contributed by atoms with van der Waals surface area (Å²) in [5, 5.41) is 13.9. The summed E-state index contributed by atoms with van der Waals surface area (Å²) in [6.07, 6.45) is 2.63. The maximum Gasteiger partial charge on any atom is 0.325 e. The number of hydrogen-bond donors (Lipinski definition) is 1. The van der Waals surface area contributed by atoms with E-state index in [4.69, 9.17) is 0 Å². The molecule has 1 N–H and O–H groups in total. The molecule has 5 nitrogen and oxygen atoms in total. The van der Waals surface area contributed by atoms with Crippen molar-refractivity contribution in [1.82, 2.24) is 14.7 Å². The summed E-state index contributed by atoms with van der Waals surface area (Å²) < 4.78 is 1.81. The number of aliphatic carboxylic acids is 1. The molecule has 0 saturated carbocycles. The van der Waals surface area contributed by atoms with Crippen molar-refractivity contribution in [2.24, 2.45) is 7.05 Å². The van der Waals surface area contributed by atoms with Crippen LogP contribution in [0.2, 0.25) is 0 Å². The number of aromatic nitrogens is 2. The number of rotatable bonds is 3. The Balaban J connectivity index is 2.00. The molecule has 2 unspecified atom stereocenters. The van der Waals surface area contributed by atoms with Crippen LogP contribution in [0.1, 0.15) is 35.8 Å². The van der Waals surface area contributed by atoms with Gasteiger partial charge < -0.3 is 5.11 Å². The highest BCUT2D eigenvalue weighted by molar-refractivity contribution is 5.76. The SMILES string of the molecule is CC(c1ccnn1C)N1CCc2ccccc2C1C(=O)O. The molecule has 0 spiro atoms. The van der Waals surface area contributed by atoms with Crippen LogP contribution in [0.4, 0.5) is 0 Å². The highest BCUT2D eigenvalue weighted by Gasteiger charge is 2.36. The molecule has 0 amide bonds. The van der Waals surface area contributed by atoms with E-state index in [1.807, 2.05) is 53.9 Å². The molecular formula is C16H19N3O2. The number of fused-ring (bicyclic) bond motifs is 1. The second kappa shape index (κ2) is 5.33. The topological polar surface area (TPSA) is 58.4 Å². The molecule has 110 valence electrons. The molecule has 1 aromatic heterocycles. The maximum atomic E-state index is 11.8. The maximum absolute atomic E-state index is 11.8. The van der Waals surface area contributed by atoms with Gasteiger partial charge in [0.2, 0.25) is 0 Å². The molecular weight excluding hydrogens is 266 g/mol. The van der Waals surface area contributed by atoms with Gasteiger partial charge >= 0.3 is 5.97 Å². The van der Waals surface area contributed by atoms with Gasteiger partial charge in [0.1, 0.15) is 6.04 Å². The van der Waals surface area contributed by atoms with Gasteiger partial charge in [0.25, 0.3) is 0 Å². The monoisotopic (exact) mass is 285 g/mol. The molecule has 0 fully saturated rings. The molecule has 2 heterocycles. The predicted octanol–water partition coefficient (Wildman–Crippen LogP) is 2.17. The third kappa shape index (κ3) is 2.34. The van der Waals surface area contributed by atoms with Gasteiger partial charge in [-0.2, -0.15) is 5.10 Å². The highest BCUT2D eigenvalue weighted by atomic mass is 16.4. The summed E-state index contributed by atoms with van der Waals surface area (Å²) in [6, 6.07) is 9.19. The van der Waals surface area contributed by atoms with Crippen molar-refractivity contribution in [3.63, 3.8) is 0 Å². The Morgan fingerprint density at radius 1 is 1.38 bits per heavy atom. The summed E-state index contributed by atoms with van der Waals surface area (Å²) in [5.41, 5.74) is 3.07. The summed E-state index contributed by atoms with van der Waals surface area (Å²) in [4.78, 5) is 13.9. The van der Waals surface area contributed by atoms with Crippen molar-refractivity contribution in [2.45, 2.75) is 25.4 Å². The average Bonchev–Trinajstić information content (AvgIpc) is 2.91. The third-order valence-corrected chi connectivity index (χ3v) is 4.34. The van der Waals surface area contributed by atoms with E-state index in [1.165, 1.54) is 0 Å². The lowest BCUT2D eigenvalue weighted by Gasteiger charge is -2.38. The van der Waals surface area contributed by atoms with Gasteiger partial charge in [-0.05, 0) is 30.5 Å². The fraction of sp³-hybridized carbons (Fsp3) is 0.375. The lowest BCUT2D eigenvalue weighted by atomic mass is 9.91. The zero-order valence-corrected chi connectivity index (χ0v) is 12.2. The average molecular weight is 285 g/mol. The molecule has 1 aliphatic heterocycles. The van der Waals surface area contributed by atoms with Crippen molar-refractivity contribution in [1.29, 1.82) is 0 Å². The number of carboxylic acids is 1. The molecule has 0 aliphatic carbocycles. The smallest absolute Gasteiger partial charge is 0.325 e. The minimum Gasteiger partial charge on any atom is -0.480 e. The Morgan fingerprint density at radius 3 is 2.81 bits per heavy atom.